The van der Waals surface area contributed by atoms with Gasteiger partial charge in [-0.1, -0.05) is 12.1 Å². The molecule has 2 amide bonds. The monoisotopic (exact) mass is 266 g/mol. The molecule has 0 radical (unpaired) electrons. The Morgan fingerprint density at radius 1 is 1.26 bits per heavy atom. The van der Waals surface area contributed by atoms with Gasteiger partial charge in [0.25, 0.3) is 0 Å². The molecular formula is C15H23FN2O. The summed E-state index contributed by atoms with van der Waals surface area (Å²) in [5.41, 5.74) is 0.829. The van der Waals surface area contributed by atoms with Crippen molar-refractivity contribution in [2.45, 2.75) is 39.7 Å². The van der Waals surface area contributed by atoms with E-state index >= 15 is 0 Å². The molecule has 1 aromatic rings. The first-order valence-corrected chi connectivity index (χ1v) is 6.64. The quantitative estimate of drug-likeness (QED) is 0.891. The third kappa shape index (κ3) is 4.89. The van der Waals surface area contributed by atoms with Crippen LogP contribution in [0, 0.1) is 5.82 Å². The Hall–Kier alpha value is -1.58. The van der Waals surface area contributed by atoms with Crippen LogP contribution < -0.4 is 5.32 Å². The molecule has 0 fully saturated rings. The minimum absolute atomic E-state index is 0.0582. The summed E-state index contributed by atoms with van der Waals surface area (Å²) in [7, 11) is 0. The maximum atomic E-state index is 12.7. The van der Waals surface area contributed by atoms with Crippen molar-refractivity contribution in [2.75, 3.05) is 13.1 Å². The average molecular weight is 266 g/mol. The van der Waals surface area contributed by atoms with Gasteiger partial charge in [0.15, 0.2) is 0 Å². The van der Waals surface area contributed by atoms with E-state index in [9.17, 15) is 9.18 Å². The third-order valence-electron chi connectivity index (χ3n) is 2.97. The van der Waals surface area contributed by atoms with Gasteiger partial charge in [0.2, 0.25) is 0 Å². The lowest BCUT2D eigenvalue weighted by Crippen LogP contribution is -2.50. The van der Waals surface area contributed by atoms with Crippen molar-refractivity contribution in [3.05, 3.63) is 35.6 Å². The number of urea groups is 1. The fourth-order valence-corrected chi connectivity index (χ4v) is 1.98. The minimum atomic E-state index is -0.238. The van der Waals surface area contributed by atoms with Crippen LogP contribution in [0.1, 0.15) is 33.3 Å². The Morgan fingerprint density at radius 2 is 1.84 bits per heavy atom. The van der Waals surface area contributed by atoms with Gasteiger partial charge in [-0.05, 0) is 51.8 Å². The molecule has 0 aromatic heterocycles. The summed E-state index contributed by atoms with van der Waals surface area (Å²) in [4.78, 5) is 13.8. The first-order chi connectivity index (χ1) is 8.84. The highest BCUT2D eigenvalue weighted by Gasteiger charge is 2.24. The topological polar surface area (TPSA) is 32.3 Å². The van der Waals surface area contributed by atoms with Gasteiger partial charge in [-0.3, -0.25) is 0 Å². The second kappa shape index (κ2) is 6.55. The van der Waals surface area contributed by atoms with Crippen molar-refractivity contribution < 1.29 is 9.18 Å². The Balaban J connectivity index is 2.44. The van der Waals surface area contributed by atoms with E-state index in [-0.39, 0.29) is 17.4 Å². The van der Waals surface area contributed by atoms with Gasteiger partial charge in [-0.25, -0.2) is 9.18 Å². The van der Waals surface area contributed by atoms with Crippen LogP contribution in [0.15, 0.2) is 24.3 Å². The molecule has 0 spiro atoms. The number of rotatable bonds is 4. The molecule has 19 heavy (non-hydrogen) atoms. The lowest BCUT2D eigenvalue weighted by Gasteiger charge is -2.34. The van der Waals surface area contributed by atoms with Crippen LogP contribution in [-0.2, 0) is 6.42 Å². The largest absolute Gasteiger partial charge is 0.338 e. The van der Waals surface area contributed by atoms with E-state index in [2.05, 4.69) is 5.32 Å². The molecule has 106 valence electrons. The highest BCUT2D eigenvalue weighted by Crippen LogP contribution is 2.12. The fraction of sp³-hybridized carbons (Fsp3) is 0.533. The maximum absolute atomic E-state index is 12.7. The summed E-state index contributed by atoms with van der Waals surface area (Å²) in [6, 6.07) is 6.29. The summed E-state index contributed by atoms with van der Waals surface area (Å²) < 4.78 is 12.7. The molecule has 0 atom stereocenters. The number of halogens is 1. The summed E-state index contributed by atoms with van der Waals surface area (Å²) in [5, 5.41) is 2.90. The average Bonchev–Trinajstić information content (AvgIpc) is 2.30. The number of nitrogens with zero attached hydrogens (tertiary/aromatic N) is 1. The predicted octanol–water partition coefficient (Wildman–Crippen LogP) is 3.20. The van der Waals surface area contributed by atoms with Gasteiger partial charge in [-0.15, -0.1) is 0 Å². The van der Waals surface area contributed by atoms with E-state index in [1.54, 1.807) is 17.0 Å². The van der Waals surface area contributed by atoms with Crippen LogP contribution in [0.25, 0.3) is 0 Å². The molecule has 0 heterocycles. The first kappa shape index (κ1) is 15.5. The molecule has 0 aliphatic carbocycles. The second-order valence-electron chi connectivity index (χ2n) is 5.52. The number of nitrogens with one attached hydrogen (secondary N) is 1. The Morgan fingerprint density at radius 3 is 2.32 bits per heavy atom. The van der Waals surface area contributed by atoms with Gasteiger partial charge in [0, 0.05) is 18.6 Å². The molecule has 0 unspecified atom stereocenters. The lowest BCUT2D eigenvalue weighted by molar-refractivity contribution is 0.150. The van der Waals surface area contributed by atoms with Crippen molar-refractivity contribution in [1.82, 2.24) is 10.2 Å². The number of carbonyl (C=O) groups is 1. The van der Waals surface area contributed by atoms with Crippen LogP contribution >= 0.6 is 0 Å². The smallest absolute Gasteiger partial charge is 0.317 e. The minimum Gasteiger partial charge on any atom is -0.338 e. The van der Waals surface area contributed by atoms with Gasteiger partial charge in [-0.2, -0.15) is 0 Å². The van der Waals surface area contributed by atoms with Gasteiger partial charge >= 0.3 is 6.03 Å². The second-order valence-corrected chi connectivity index (χ2v) is 5.52. The van der Waals surface area contributed by atoms with Crippen LogP contribution in [0.3, 0.4) is 0 Å². The van der Waals surface area contributed by atoms with Crippen molar-refractivity contribution in [3.63, 3.8) is 0 Å². The van der Waals surface area contributed by atoms with E-state index in [1.807, 2.05) is 27.7 Å². The fourth-order valence-electron chi connectivity index (χ4n) is 1.98. The van der Waals surface area contributed by atoms with Gasteiger partial charge < -0.3 is 10.2 Å². The standard InChI is InChI=1S/C15H23FN2O/c1-5-18(15(2,3)4)14(19)17-11-10-12-6-8-13(16)9-7-12/h6-9H,5,10-11H2,1-4H3,(H,17,19). The molecule has 3 nitrogen and oxygen atoms in total. The molecular weight excluding hydrogens is 243 g/mol. The molecule has 1 aromatic carbocycles. The number of hydrogen-bond acceptors (Lipinski definition) is 1. The van der Waals surface area contributed by atoms with Crippen molar-refractivity contribution in [3.8, 4) is 0 Å². The van der Waals surface area contributed by atoms with Crippen molar-refractivity contribution in [1.29, 1.82) is 0 Å². The normalized spacial score (nSPS) is 11.2. The lowest BCUT2D eigenvalue weighted by atomic mass is 10.1. The van der Waals surface area contributed by atoms with E-state index in [0.717, 1.165) is 5.56 Å². The molecule has 1 rings (SSSR count). The van der Waals surface area contributed by atoms with E-state index in [0.29, 0.717) is 19.5 Å². The summed E-state index contributed by atoms with van der Waals surface area (Å²) >= 11 is 0. The Kier molecular flexibility index (Phi) is 5.33. The van der Waals surface area contributed by atoms with Crippen LogP contribution in [0.5, 0.6) is 0 Å². The van der Waals surface area contributed by atoms with Gasteiger partial charge in [0.05, 0.1) is 0 Å². The highest BCUT2D eigenvalue weighted by atomic mass is 19.1. The number of carbonyl (C=O) groups excluding carboxylic acids is 1. The summed E-state index contributed by atoms with van der Waals surface area (Å²) in [5.74, 6) is -0.238. The SMILES string of the molecule is CCN(C(=O)NCCc1ccc(F)cc1)C(C)(C)C. The van der Waals surface area contributed by atoms with Crippen LogP contribution in [-0.4, -0.2) is 29.6 Å². The molecule has 0 aliphatic heterocycles. The summed E-state index contributed by atoms with van der Waals surface area (Å²) in [6.07, 6.45) is 0.702. The molecule has 0 saturated carbocycles. The van der Waals surface area contributed by atoms with Gasteiger partial charge in [0.1, 0.15) is 5.82 Å². The zero-order valence-electron chi connectivity index (χ0n) is 12.2. The number of hydrogen-bond donors (Lipinski definition) is 1. The van der Waals surface area contributed by atoms with Crippen molar-refractivity contribution >= 4 is 6.03 Å². The predicted molar refractivity (Wildman–Crippen MR) is 75.6 cm³/mol. The van der Waals surface area contributed by atoms with E-state index < -0.39 is 0 Å². The van der Waals surface area contributed by atoms with Crippen LogP contribution in [0.2, 0.25) is 0 Å². The van der Waals surface area contributed by atoms with E-state index in [4.69, 9.17) is 0 Å². The molecule has 0 bridgehead atoms. The summed E-state index contributed by atoms with van der Waals surface area (Å²) in [6.45, 7) is 9.22. The zero-order valence-corrected chi connectivity index (χ0v) is 12.2. The molecule has 0 saturated heterocycles. The molecule has 4 heteroatoms. The molecule has 0 aliphatic rings. The zero-order chi connectivity index (χ0) is 14.5. The van der Waals surface area contributed by atoms with E-state index in [1.165, 1.54) is 12.1 Å². The maximum Gasteiger partial charge on any atom is 0.317 e. The molecule has 1 N–H and O–H groups in total. The highest BCUT2D eigenvalue weighted by molar-refractivity contribution is 5.74. The Bertz CT molecular complexity index is 409. The number of benzene rings is 1. The first-order valence-electron chi connectivity index (χ1n) is 6.64. The number of amides is 2. The van der Waals surface area contributed by atoms with Crippen molar-refractivity contribution in [2.24, 2.45) is 0 Å². The van der Waals surface area contributed by atoms with Crippen LogP contribution in [0.4, 0.5) is 9.18 Å². The third-order valence-corrected chi connectivity index (χ3v) is 2.97. The Labute approximate surface area is 114 Å².